The molecule has 0 aromatic carbocycles. The van der Waals surface area contributed by atoms with E-state index in [1.54, 1.807) is 16.9 Å². The van der Waals surface area contributed by atoms with Gasteiger partial charge in [0.05, 0.1) is 0 Å². The first kappa shape index (κ1) is 11.9. The van der Waals surface area contributed by atoms with Crippen LogP contribution in [-0.2, 0) is 6.54 Å². The van der Waals surface area contributed by atoms with Gasteiger partial charge in [0.1, 0.15) is 5.69 Å². The number of rotatable bonds is 6. The molecule has 1 aromatic rings. The molecule has 0 aliphatic rings. The molecule has 2 N–H and O–H groups in total. The lowest BCUT2D eigenvalue weighted by molar-refractivity contribution is 0.0955. The van der Waals surface area contributed by atoms with Crippen LogP contribution in [0.2, 0.25) is 0 Å². The molecule has 0 aliphatic heterocycles. The molecular weight excluding hydrogens is 190 g/mol. The van der Waals surface area contributed by atoms with E-state index in [9.17, 15) is 4.79 Å². The lowest BCUT2D eigenvalue weighted by atomic mass is 10.0. The number of carbonyl (C=O) groups is 1. The fourth-order valence-corrected chi connectivity index (χ4v) is 1.46. The number of hydrogen-bond acceptors (Lipinski definition) is 3. The number of aromatic nitrogens is 2. The summed E-state index contributed by atoms with van der Waals surface area (Å²) in [4.78, 5) is 11.9. The van der Waals surface area contributed by atoms with Gasteiger partial charge >= 0.3 is 0 Å². The summed E-state index contributed by atoms with van der Waals surface area (Å²) in [5.74, 6) is 0.376. The zero-order chi connectivity index (χ0) is 11.3. The SMILES string of the molecule is CCCn1nccc1C(=O)CC(C)CN. The number of hydrogen-bond donors (Lipinski definition) is 1. The molecule has 15 heavy (non-hydrogen) atoms. The Morgan fingerprint density at radius 3 is 3.00 bits per heavy atom. The predicted octanol–water partition coefficient (Wildman–Crippen LogP) is 1.46. The van der Waals surface area contributed by atoms with Crippen LogP contribution in [0, 0.1) is 5.92 Å². The van der Waals surface area contributed by atoms with Gasteiger partial charge in [-0.3, -0.25) is 9.48 Å². The van der Waals surface area contributed by atoms with Gasteiger partial charge in [-0.15, -0.1) is 0 Å². The van der Waals surface area contributed by atoms with Gasteiger partial charge in [0, 0.05) is 19.2 Å². The molecule has 4 nitrogen and oxygen atoms in total. The molecule has 1 aromatic heterocycles. The number of ketones is 1. The average molecular weight is 209 g/mol. The molecule has 1 heterocycles. The summed E-state index contributed by atoms with van der Waals surface area (Å²) in [6, 6.07) is 1.78. The summed E-state index contributed by atoms with van der Waals surface area (Å²) in [6.45, 7) is 5.40. The number of nitrogens with two attached hydrogens (primary N) is 1. The Morgan fingerprint density at radius 2 is 2.40 bits per heavy atom. The zero-order valence-electron chi connectivity index (χ0n) is 9.44. The van der Waals surface area contributed by atoms with Gasteiger partial charge in [-0.2, -0.15) is 5.10 Å². The van der Waals surface area contributed by atoms with Gasteiger partial charge in [-0.25, -0.2) is 0 Å². The van der Waals surface area contributed by atoms with Crippen molar-refractivity contribution in [3.63, 3.8) is 0 Å². The second-order valence-corrected chi connectivity index (χ2v) is 3.91. The highest BCUT2D eigenvalue weighted by molar-refractivity contribution is 5.94. The highest BCUT2D eigenvalue weighted by Crippen LogP contribution is 2.09. The largest absolute Gasteiger partial charge is 0.330 e. The van der Waals surface area contributed by atoms with Crippen LogP contribution in [-0.4, -0.2) is 22.1 Å². The van der Waals surface area contributed by atoms with E-state index >= 15 is 0 Å². The summed E-state index contributed by atoms with van der Waals surface area (Å²) >= 11 is 0. The maximum absolute atomic E-state index is 11.9. The van der Waals surface area contributed by atoms with Crippen molar-refractivity contribution in [2.75, 3.05) is 6.54 Å². The quantitative estimate of drug-likeness (QED) is 0.721. The van der Waals surface area contributed by atoms with E-state index in [4.69, 9.17) is 5.73 Å². The van der Waals surface area contributed by atoms with Crippen LogP contribution in [0.25, 0.3) is 0 Å². The van der Waals surface area contributed by atoms with Gasteiger partial charge in [0.25, 0.3) is 0 Å². The summed E-state index contributed by atoms with van der Waals surface area (Å²) in [5.41, 5.74) is 6.20. The average Bonchev–Trinajstić information content (AvgIpc) is 2.66. The number of nitrogens with zero attached hydrogens (tertiary/aromatic N) is 2. The van der Waals surface area contributed by atoms with Crippen molar-refractivity contribution in [2.45, 2.75) is 33.2 Å². The second kappa shape index (κ2) is 5.66. The van der Waals surface area contributed by atoms with Gasteiger partial charge in [-0.05, 0) is 24.9 Å². The van der Waals surface area contributed by atoms with Crippen molar-refractivity contribution in [3.8, 4) is 0 Å². The van der Waals surface area contributed by atoms with Crippen molar-refractivity contribution < 1.29 is 4.79 Å². The molecule has 4 heteroatoms. The normalized spacial score (nSPS) is 12.7. The molecule has 0 bridgehead atoms. The van der Waals surface area contributed by atoms with Crippen molar-refractivity contribution >= 4 is 5.78 Å². The van der Waals surface area contributed by atoms with Gasteiger partial charge in [-0.1, -0.05) is 13.8 Å². The number of Topliss-reactive ketones (excluding diaryl/α,β-unsaturated/α-hetero) is 1. The minimum atomic E-state index is 0.138. The minimum Gasteiger partial charge on any atom is -0.330 e. The molecule has 0 amide bonds. The molecule has 84 valence electrons. The van der Waals surface area contributed by atoms with Crippen LogP contribution in [0.1, 0.15) is 37.2 Å². The van der Waals surface area contributed by atoms with Crippen molar-refractivity contribution in [1.82, 2.24) is 9.78 Å². The highest BCUT2D eigenvalue weighted by atomic mass is 16.1. The van der Waals surface area contributed by atoms with Crippen LogP contribution in [0.5, 0.6) is 0 Å². The first-order valence-corrected chi connectivity index (χ1v) is 5.44. The maximum Gasteiger partial charge on any atom is 0.181 e. The van der Waals surface area contributed by atoms with E-state index in [1.165, 1.54) is 0 Å². The molecule has 1 rings (SSSR count). The van der Waals surface area contributed by atoms with Crippen LogP contribution in [0.4, 0.5) is 0 Å². The fraction of sp³-hybridized carbons (Fsp3) is 0.636. The monoisotopic (exact) mass is 209 g/mol. The van der Waals surface area contributed by atoms with E-state index in [2.05, 4.69) is 12.0 Å². The Bertz CT molecular complexity index is 319. The van der Waals surface area contributed by atoms with Crippen LogP contribution >= 0.6 is 0 Å². The fourth-order valence-electron chi connectivity index (χ4n) is 1.46. The number of aryl methyl sites for hydroxylation is 1. The van der Waals surface area contributed by atoms with E-state index in [0.717, 1.165) is 13.0 Å². The van der Waals surface area contributed by atoms with Crippen molar-refractivity contribution in [3.05, 3.63) is 18.0 Å². The van der Waals surface area contributed by atoms with E-state index in [1.807, 2.05) is 6.92 Å². The third kappa shape index (κ3) is 3.16. The Balaban J connectivity index is 2.68. The zero-order valence-corrected chi connectivity index (χ0v) is 9.44. The van der Waals surface area contributed by atoms with Crippen molar-refractivity contribution in [2.24, 2.45) is 11.7 Å². The molecule has 0 saturated heterocycles. The molecule has 0 fully saturated rings. The summed E-state index contributed by atoms with van der Waals surface area (Å²) in [7, 11) is 0. The van der Waals surface area contributed by atoms with E-state index < -0.39 is 0 Å². The lowest BCUT2D eigenvalue weighted by Crippen LogP contribution is -2.17. The second-order valence-electron chi connectivity index (χ2n) is 3.91. The first-order valence-electron chi connectivity index (χ1n) is 5.44. The molecule has 0 spiro atoms. The molecule has 0 aliphatic carbocycles. The topological polar surface area (TPSA) is 60.9 Å². The maximum atomic E-state index is 11.9. The molecule has 0 radical (unpaired) electrons. The van der Waals surface area contributed by atoms with Crippen LogP contribution in [0.15, 0.2) is 12.3 Å². The van der Waals surface area contributed by atoms with Crippen LogP contribution in [0.3, 0.4) is 0 Å². The molecule has 1 unspecified atom stereocenters. The van der Waals surface area contributed by atoms with E-state index in [0.29, 0.717) is 18.7 Å². The Kier molecular flexibility index (Phi) is 4.49. The Hall–Kier alpha value is -1.16. The molecule has 1 atom stereocenters. The summed E-state index contributed by atoms with van der Waals surface area (Å²) in [6.07, 6.45) is 3.16. The highest BCUT2D eigenvalue weighted by Gasteiger charge is 2.14. The van der Waals surface area contributed by atoms with Gasteiger partial charge in [0.2, 0.25) is 0 Å². The third-order valence-electron chi connectivity index (χ3n) is 2.37. The standard InChI is InChI=1S/C11H19N3O/c1-3-6-14-10(4-5-13-14)11(15)7-9(2)8-12/h4-5,9H,3,6-8,12H2,1-2H3. The van der Waals surface area contributed by atoms with Crippen molar-refractivity contribution in [1.29, 1.82) is 0 Å². The molecule has 0 saturated carbocycles. The molecular formula is C11H19N3O. The minimum absolute atomic E-state index is 0.138. The Morgan fingerprint density at radius 1 is 1.67 bits per heavy atom. The number of carbonyl (C=O) groups excluding carboxylic acids is 1. The van der Waals surface area contributed by atoms with Gasteiger partial charge in [0.15, 0.2) is 5.78 Å². The predicted molar refractivity (Wildman–Crippen MR) is 59.7 cm³/mol. The van der Waals surface area contributed by atoms with E-state index in [-0.39, 0.29) is 11.7 Å². The van der Waals surface area contributed by atoms with Gasteiger partial charge < -0.3 is 5.73 Å². The third-order valence-corrected chi connectivity index (χ3v) is 2.37. The van der Waals surface area contributed by atoms with Crippen LogP contribution < -0.4 is 5.73 Å². The Labute approximate surface area is 90.5 Å². The smallest absolute Gasteiger partial charge is 0.181 e. The lowest BCUT2D eigenvalue weighted by Gasteiger charge is -2.08. The first-order chi connectivity index (χ1) is 7.19. The summed E-state index contributed by atoms with van der Waals surface area (Å²) < 4.78 is 1.77. The summed E-state index contributed by atoms with van der Waals surface area (Å²) in [5, 5.41) is 4.12.